The van der Waals surface area contributed by atoms with Crippen LogP contribution in [0, 0.1) is 0 Å². The van der Waals surface area contributed by atoms with Crippen LogP contribution >= 0.6 is 23.4 Å². The first-order chi connectivity index (χ1) is 7.81. The molecule has 1 saturated carbocycles. The van der Waals surface area contributed by atoms with E-state index in [4.69, 9.17) is 11.6 Å². The molecule has 0 unspecified atom stereocenters. The van der Waals surface area contributed by atoms with E-state index in [0.29, 0.717) is 5.15 Å². The Hall–Kier alpha value is -0.280. The van der Waals surface area contributed by atoms with Gasteiger partial charge in [0.2, 0.25) is 0 Å². The Morgan fingerprint density at radius 2 is 2.12 bits per heavy atom. The van der Waals surface area contributed by atoms with Crippen LogP contribution in [-0.2, 0) is 6.42 Å². The molecule has 1 aliphatic rings. The minimum absolute atomic E-state index is 0.636. The standard InChI is InChI=1S/C12H17ClN2S/c1-2-5-10-11(13)14-8-15-12(10)16-9-6-3-4-7-9/h8-9H,2-7H2,1H3. The molecule has 1 fully saturated rings. The summed E-state index contributed by atoms with van der Waals surface area (Å²) in [6.45, 7) is 2.16. The van der Waals surface area contributed by atoms with Crippen molar-refractivity contribution < 1.29 is 0 Å². The van der Waals surface area contributed by atoms with E-state index in [-0.39, 0.29) is 0 Å². The third kappa shape index (κ3) is 2.89. The highest BCUT2D eigenvalue weighted by atomic mass is 35.5. The molecule has 0 saturated heterocycles. The number of halogens is 1. The molecule has 16 heavy (non-hydrogen) atoms. The first kappa shape index (κ1) is 12.2. The van der Waals surface area contributed by atoms with Gasteiger partial charge in [0, 0.05) is 10.8 Å². The van der Waals surface area contributed by atoms with Crippen molar-refractivity contribution in [3.05, 3.63) is 17.0 Å². The zero-order valence-electron chi connectivity index (χ0n) is 9.58. The van der Waals surface area contributed by atoms with Crippen LogP contribution in [0.25, 0.3) is 0 Å². The minimum Gasteiger partial charge on any atom is -0.230 e. The van der Waals surface area contributed by atoms with E-state index >= 15 is 0 Å². The van der Waals surface area contributed by atoms with Crippen LogP contribution < -0.4 is 0 Å². The van der Waals surface area contributed by atoms with Gasteiger partial charge in [0.1, 0.15) is 16.5 Å². The van der Waals surface area contributed by atoms with Crippen LogP contribution in [0.2, 0.25) is 5.15 Å². The summed E-state index contributed by atoms with van der Waals surface area (Å²) in [4.78, 5) is 8.46. The lowest BCUT2D eigenvalue weighted by Crippen LogP contribution is -2.00. The predicted octanol–water partition coefficient (Wildman–Crippen LogP) is 4.12. The van der Waals surface area contributed by atoms with E-state index in [1.165, 1.54) is 25.7 Å². The average molecular weight is 257 g/mol. The second-order valence-electron chi connectivity index (χ2n) is 4.22. The largest absolute Gasteiger partial charge is 0.230 e. The van der Waals surface area contributed by atoms with Gasteiger partial charge in [-0.15, -0.1) is 11.8 Å². The van der Waals surface area contributed by atoms with Crippen molar-refractivity contribution in [3.8, 4) is 0 Å². The summed E-state index contributed by atoms with van der Waals surface area (Å²) >= 11 is 8.03. The first-order valence-electron chi connectivity index (χ1n) is 5.97. The normalized spacial score (nSPS) is 16.9. The van der Waals surface area contributed by atoms with Crippen molar-refractivity contribution in [1.29, 1.82) is 0 Å². The number of rotatable bonds is 4. The van der Waals surface area contributed by atoms with Crippen molar-refractivity contribution in [2.75, 3.05) is 0 Å². The SMILES string of the molecule is CCCc1c(Cl)ncnc1SC1CCCC1. The van der Waals surface area contributed by atoms with E-state index in [9.17, 15) is 0 Å². The molecule has 88 valence electrons. The fourth-order valence-electron chi connectivity index (χ4n) is 2.10. The Labute approximate surface area is 106 Å². The van der Waals surface area contributed by atoms with Gasteiger partial charge in [0.25, 0.3) is 0 Å². The van der Waals surface area contributed by atoms with Crippen molar-refractivity contribution in [2.24, 2.45) is 0 Å². The number of nitrogens with zero attached hydrogens (tertiary/aromatic N) is 2. The highest BCUT2D eigenvalue weighted by Gasteiger charge is 2.19. The maximum absolute atomic E-state index is 6.13. The molecule has 0 aromatic carbocycles. The predicted molar refractivity (Wildman–Crippen MR) is 69.2 cm³/mol. The van der Waals surface area contributed by atoms with Crippen LogP contribution in [-0.4, -0.2) is 15.2 Å². The number of hydrogen-bond donors (Lipinski definition) is 0. The van der Waals surface area contributed by atoms with Gasteiger partial charge in [-0.25, -0.2) is 9.97 Å². The summed E-state index contributed by atoms with van der Waals surface area (Å²) in [6, 6.07) is 0. The molecule has 1 heterocycles. The summed E-state index contributed by atoms with van der Waals surface area (Å²) in [5.41, 5.74) is 1.14. The molecule has 4 heteroatoms. The highest BCUT2D eigenvalue weighted by molar-refractivity contribution is 7.99. The van der Waals surface area contributed by atoms with Gasteiger partial charge in [-0.1, -0.05) is 37.8 Å². The minimum atomic E-state index is 0.636. The Morgan fingerprint density at radius 3 is 2.81 bits per heavy atom. The molecule has 1 aromatic heterocycles. The quantitative estimate of drug-likeness (QED) is 0.758. The first-order valence-corrected chi connectivity index (χ1v) is 7.23. The summed E-state index contributed by atoms with van der Waals surface area (Å²) in [7, 11) is 0. The zero-order valence-corrected chi connectivity index (χ0v) is 11.2. The fraction of sp³-hybridized carbons (Fsp3) is 0.667. The van der Waals surface area contributed by atoms with Gasteiger partial charge in [-0.3, -0.25) is 0 Å². The Balaban J connectivity index is 2.14. The van der Waals surface area contributed by atoms with Gasteiger partial charge in [0.15, 0.2) is 0 Å². The van der Waals surface area contributed by atoms with E-state index in [2.05, 4.69) is 16.9 Å². The zero-order chi connectivity index (χ0) is 11.4. The van der Waals surface area contributed by atoms with Crippen LogP contribution in [0.4, 0.5) is 0 Å². The Morgan fingerprint density at radius 1 is 1.38 bits per heavy atom. The summed E-state index contributed by atoms with van der Waals surface area (Å²) in [5.74, 6) is 0. The number of aromatic nitrogens is 2. The molecule has 0 bridgehead atoms. The summed E-state index contributed by atoms with van der Waals surface area (Å²) in [5, 5.41) is 2.48. The molecule has 0 aliphatic heterocycles. The summed E-state index contributed by atoms with van der Waals surface area (Å²) < 4.78 is 0. The average Bonchev–Trinajstić information content (AvgIpc) is 2.76. The van der Waals surface area contributed by atoms with Gasteiger partial charge >= 0.3 is 0 Å². The van der Waals surface area contributed by atoms with Crippen LogP contribution in [0.15, 0.2) is 11.4 Å². The Kier molecular flexibility index (Phi) is 4.47. The van der Waals surface area contributed by atoms with E-state index in [1.54, 1.807) is 6.33 Å². The fourth-order valence-corrected chi connectivity index (χ4v) is 3.72. The molecule has 1 aromatic rings. The number of thioether (sulfide) groups is 1. The smallest absolute Gasteiger partial charge is 0.136 e. The topological polar surface area (TPSA) is 25.8 Å². The molecule has 0 spiro atoms. The molecular formula is C12H17ClN2S. The highest BCUT2D eigenvalue weighted by Crippen LogP contribution is 2.36. The van der Waals surface area contributed by atoms with Crippen molar-refractivity contribution >= 4 is 23.4 Å². The van der Waals surface area contributed by atoms with Crippen LogP contribution in [0.3, 0.4) is 0 Å². The van der Waals surface area contributed by atoms with Crippen molar-refractivity contribution in [3.63, 3.8) is 0 Å². The Bertz CT molecular complexity index is 351. The van der Waals surface area contributed by atoms with Gasteiger partial charge in [-0.2, -0.15) is 0 Å². The van der Waals surface area contributed by atoms with Crippen molar-refractivity contribution in [1.82, 2.24) is 9.97 Å². The van der Waals surface area contributed by atoms with Gasteiger partial charge in [-0.05, 0) is 19.3 Å². The molecule has 0 N–H and O–H groups in total. The van der Waals surface area contributed by atoms with Gasteiger partial charge in [0.05, 0.1) is 0 Å². The molecule has 0 radical (unpaired) electrons. The molecule has 2 rings (SSSR count). The molecular weight excluding hydrogens is 240 g/mol. The lowest BCUT2D eigenvalue weighted by molar-refractivity contribution is 0.845. The molecule has 2 nitrogen and oxygen atoms in total. The lowest BCUT2D eigenvalue weighted by Gasteiger charge is -2.12. The number of hydrogen-bond acceptors (Lipinski definition) is 3. The summed E-state index contributed by atoms with van der Waals surface area (Å²) in [6.07, 6.45) is 9.01. The van der Waals surface area contributed by atoms with E-state index in [0.717, 1.165) is 28.7 Å². The molecule has 0 amide bonds. The van der Waals surface area contributed by atoms with E-state index in [1.807, 2.05) is 11.8 Å². The van der Waals surface area contributed by atoms with E-state index < -0.39 is 0 Å². The third-order valence-corrected chi connectivity index (χ3v) is 4.64. The molecule has 0 atom stereocenters. The second kappa shape index (κ2) is 5.87. The van der Waals surface area contributed by atoms with Gasteiger partial charge < -0.3 is 0 Å². The third-order valence-electron chi connectivity index (χ3n) is 2.93. The second-order valence-corrected chi connectivity index (χ2v) is 5.87. The van der Waals surface area contributed by atoms with Crippen LogP contribution in [0.5, 0.6) is 0 Å². The van der Waals surface area contributed by atoms with Crippen LogP contribution in [0.1, 0.15) is 44.6 Å². The monoisotopic (exact) mass is 256 g/mol. The maximum Gasteiger partial charge on any atom is 0.136 e. The lowest BCUT2D eigenvalue weighted by atomic mass is 10.2. The van der Waals surface area contributed by atoms with Crippen molar-refractivity contribution in [2.45, 2.75) is 55.7 Å². The maximum atomic E-state index is 6.13. The molecule has 1 aliphatic carbocycles.